The molecule has 0 aromatic heterocycles. The fraction of sp³-hybridized carbons (Fsp3) is 0.0435. The lowest BCUT2D eigenvalue weighted by atomic mass is 10.1. The van der Waals surface area contributed by atoms with Crippen molar-refractivity contribution in [1.29, 1.82) is 0 Å². The largest absolute Gasteiger partial charge is 0.488 e. The van der Waals surface area contributed by atoms with E-state index < -0.39 is 4.92 Å². The van der Waals surface area contributed by atoms with Gasteiger partial charge in [0.15, 0.2) is 5.17 Å². The highest BCUT2D eigenvalue weighted by molar-refractivity contribution is 8.18. The van der Waals surface area contributed by atoms with Gasteiger partial charge in [-0.2, -0.15) is 0 Å². The Kier molecular flexibility index (Phi) is 6.98. The maximum atomic E-state index is 12.5. The number of amides is 1. The summed E-state index contributed by atoms with van der Waals surface area (Å²) in [6, 6.07) is 18.5. The van der Waals surface area contributed by atoms with Gasteiger partial charge in [-0.15, -0.1) is 0 Å². The first-order chi connectivity index (χ1) is 15.9. The van der Waals surface area contributed by atoms with Crippen molar-refractivity contribution in [3.8, 4) is 5.75 Å². The third-order valence-electron chi connectivity index (χ3n) is 4.55. The highest BCUT2D eigenvalue weighted by Crippen LogP contribution is 2.35. The molecule has 0 aliphatic carbocycles. The molecule has 0 bridgehead atoms. The van der Waals surface area contributed by atoms with E-state index in [4.69, 9.17) is 27.9 Å². The maximum absolute atomic E-state index is 12.5. The second-order valence-corrected chi connectivity index (χ2v) is 8.62. The molecule has 1 aliphatic rings. The van der Waals surface area contributed by atoms with Crippen molar-refractivity contribution in [3.63, 3.8) is 0 Å². The van der Waals surface area contributed by atoms with Crippen LogP contribution in [0.1, 0.15) is 11.1 Å². The Labute approximate surface area is 203 Å². The van der Waals surface area contributed by atoms with Crippen molar-refractivity contribution in [2.75, 3.05) is 0 Å². The summed E-state index contributed by atoms with van der Waals surface area (Å²) in [6.45, 7) is 0.220. The topological polar surface area (TPSA) is 93.8 Å². The zero-order chi connectivity index (χ0) is 23.4. The van der Waals surface area contributed by atoms with E-state index in [2.05, 4.69) is 10.3 Å². The molecule has 166 valence electrons. The van der Waals surface area contributed by atoms with Crippen LogP contribution in [-0.2, 0) is 11.4 Å². The third-order valence-corrected chi connectivity index (χ3v) is 6.27. The van der Waals surface area contributed by atoms with Crippen molar-refractivity contribution in [3.05, 3.63) is 103 Å². The van der Waals surface area contributed by atoms with E-state index in [1.807, 2.05) is 18.2 Å². The predicted molar refractivity (Wildman–Crippen MR) is 131 cm³/mol. The number of nitrogens with zero attached hydrogens (tertiary/aromatic N) is 2. The van der Waals surface area contributed by atoms with E-state index >= 15 is 0 Å². The van der Waals surface area contributed by atoms with Gasteiger partial charge in [0.25, 0.3) is 11.6 Å². The van der Waals surface area contributed by atoms with E-state index in [1.165, 1.54) is 23.9 Å². The number of halogens is 2. The zero-order valence-electron chi connectivity index (χ0n) is 16.8. The van der Waals surface area contributed by atoms with E-state index in [1.54, 1.807) is 42.5 Å². The Morgan fingerprint density at radius 1 is 1.06 bits per heavy atom. The van der Waals surface area contributed by atoms with Gasteiger partial charge in [0, 0.05) is 17.7 Å². The number of benzene rings is 3. The van der Waals surface area contributed by atoms with Crippen molar-refractivity contribution in [1.82, 2.24) is 5.32 Å². The van der Waals surface area contributed by atoms with Gasteiger partial charge in [0.2, 0.25) is 0 Å². The normalized spacial score (nSPS) is 15.6. The fourth-order valence-corrected chi connectivity index (χ4v) is 4.08. The zero-order valence-corrected chi connectivity index (χ0v) is 19.2. The maximum Gasteiger partial charge on any atom is 0.269 e. The average Bonchev–Trinajstić information content (AvgIpc) is 3.15. The smallest absolute Gasteiger partial charge is 0.269 e. The summed E-state index contributed by atoms with van der Waals surface area (Å²) in [7, 11) is 0. The molecule has 0 atom stereocenters. The first-order valence-electron chi connectivity index (χ1n) is 9.59. The number of hydrogen-bond acceptors (Lipinski definition) is 6. The number of nitro benzene ring substituents is 1. The highest BCUT2D eigenvalue weighted by Gasteiger charge is 2.24. The summed E-state index contributed by atoms with van der Waals surface area (Å²) in [4.78, 5) is 27.7. The quantitative estimate of drug-likeness (QED) is 0.241. The van der Waals surface area contributed by atoms with Crippen LogP contribution in [0.4, 0.5) is 11.4 Å². The second kappa shape index (κ2) is 10.1. The van der Waals surface area contributed by atoms with E-state index in [0.29, 0.717) is 37.1 Å². The number of nitro groups is 1. The number of hydrogen-bond donors (Lipinski definition) is 1. The lowest BCUT2D eigenvalue weighted by Gasteiger charge is -2.09. The summed E-state index contributed by atoms with van der Waals surface area (Å²) in [6.07, 6.45) is 1.72. The van der Waals surface area contributed by atoms with Crippen LogP contribution in [0.25, 0.3) is 6.08 Å². The minimum atomic E-state index is -0.450. The van der Waals surface area contributed by atoms with Crippen LogP contribution in [0.5, 0.6) is 5.75 Å². The number of carbonyl (C=O) groups excluding carboxylic acids is 1. The fourth-order valence-electron chi connectivity index (χ4n) is 2.92. The molecule has 3 aromatic carbocycles. The summed E-state index contributed by atoms with van der Waals surface area (Å²) in [5.41, 5.74) is 1.97. The predicted octanol–water partition coefficient (Wildman–Crippen LogP) is 6.37. The summed E-state index contributed by atoms with van der Waals surface area (Å²) >= 11 is 13.4. The van der Waals surface area contributed by atoms with Gasteiger partial charge in [0.1, 0.15) is 12.4 Å². The van der Waals surface area contributed by atoms with Crippen molar-refractivity contribution >= 4 is 63.5 Å². The number of rotatable bonds is 6. The van der Waals surface area contributed by atoms with Gasteiger partial charge in [-0.3, -0.25) is 14.9 Å². The molecule has 1 amide bonds. The standard InChI is InChI=1S/C23H15Cl2N3O4S/c24-17-5-3-6-18(21(17)25)26-23-27-22(29)20(33-23)12-15-4-1-2-7-19(15)32-13-14-8-10-16(11-9-14)28(30)31/h1-12H,13H2,(H,26,27,29)/b20-12+. The van der Waals surface area contributed by atoms with Crippen LogP contribution >= 0.6 is 35.0 Å². The number of amidine groups is 1. The van der Waals surface area contributed by atoms with Crippen LogP contribution in [0.3, 0.4) is 0 Å². The minimum Gasteiger partial charge on any atom is -0.488 e. The number of para-hydroxylation sites is 1. The van der Waals surface area contributed by atoms with E-state index in [0.717, 1.165) is 5.56 Å². The first kappa shape index (κ1) is 22.8. The number of thioether (sulfide) groups is 1. The Morgan fingerprint density at radius 3 is 2.58 bits per heavy atom. The lowest BCUT2D eigenvalue weighted by Crippen LogP contribution is -2.19. The molecular weight excluding hydrogens is 485 g/mol. The monoisotopic (exact) mass is 499 g/mol. The van der Waals surface area contributed by atoms with E-state index in [9.17, 15) is 14.9 Å². The van der Waals surface area contributed by atoms with Gasteiger partial charge in [-0.25, -0.2) is 4.99 Å². The number of nitrogens with one attached hydrogen (secondary N) is 1. The van der Waals surface area contributed by atoms with Crippen LogP contribution in [0, 0.1) is 10.1 Å². The van der Waals surface area contributed by atoms with Crippen LogP contribution in [0.2, 0.25) is 10.0 Å². The number of carbonyl (C=O) groups is 1. The minimum absolute atomic E-state index is 0.0182. The summed E-state index contributed by atoms with van der Waals surface area (Å²) in [5, 5.41) is 14.6. The Balaban J connectivity index is 1.51. The molecule has 1 N–H and O–H groups in total. The number of non-ortho nitro benzene ring substituents is 1. The van der Waals surface area contributed by atoms with E-state index in [-0.39, 0.29) is 18.2 Å². The molecule has 1 fully saturated rings. The van der Waals surface area contributed by atoms with Crippen molar-refractivity contribution < 1.29 is 14.5 Å². The van der Waals surface area contributed by atoms with Gasteiger partial charge in [0.05, 0.1) is 25.6 Å². The molecule has 3 aromatic rings. The molecular formula is C23H15Cl2N3O4S. The summed E-state index contributed by atoms with van der Waals surface area (Å²) < 4.78 is 5.90. The highest BCUT2D eigenvalue weighted by atomic mass is 35.5. The SMILES string of the molecule is O=C1NC(=Nc2cccc(Cl)c2Cl)S/C1=C/c1ccccc1OCc1ccc([N+](=O)[O-])cc1. The van der Waals surface area contributed by atoms with Gasteiger partial charge >= 0.3 is 0 Å². The van der Waals surface area contributed by atoms with Gasteiger partial charge in [-0.05, 0) is 53.7 Å². The molecule has 1 aliphatic heterocycles. The molecule has 0 saturated carbocycles. The molecule has 33 heavy (non-hydrogen) atoms. The molecule has 1 heterocycles. The molecule has 4 rings (SSSR count). The van der Waals surface area contributed by atoms with Crippen LogP contribution in [-0.4, -0.2) is 16.0 Å². The molecule has 10 heteroatoms. The van der Waals surface area contributed by atoms with Gasteiger partial charge in [-0.1, -0.05) is 47.5 Å². The van der Waals surface area contributed by atoms with Crippen LogP contribution in [0.15, 0.2) is 76.6 Å². The molecule has 1 saturated heterocycles. The second-order valence-electron chi connectivity index (χ2n) is 6.80. The number of aliphatic imine (C=N–C) groups is 1. The Bertz CT molecular complexity index is 1290. The average molecular weight is 500 g/mol. The van der Waals surface area contributed by atoms with Crippen molar-refractivity contribution in [2.24, 2.45) is 4.99 Å². The molecule has 0 radical (unpaired) electrons. The third kappa shape index (κ3) is 5.54. The molecule has 0 unspecified atom stereocenters. The van der Waals surface area contributed by atoms with Gasteiger partial charge < -0.3 is 10.1 Å². The molecule has 7 nitrogen and oxygen atoms in total. The summed E-state index contributed by atoms with van der Waals surface area (Å²) in [5.74, 6) is 0.280. The Hall–Kier alpha value is -3.33. The molecule has 0 spiro atoms. The van der Waals surface area contributed by atoms with Crippen LogP contribution < -0.4 is 10.1 Å². The number of ether oxygens (including phenoxy) is 1. The first-order valence-corrected chi connectivity index (χ1v) is 11.2. The van der Waals surface area contributed by atoms with Crippen molar-refractivity contribution in [2.45, 2.75) is 6.61 Å². The Morgan fingerprint density at radius 2 is 1.82 bits per heavy atom. The lowest BCUT2D eigenvalue weighted by molar-refractivity contribution is -0.384.